The van der Waals surface area contributed by atoms with Crippen LogP contribution >= 0.6 is 39.1 Å². The van der Waals surface area contributed by atoms with Gasteiger partial charge in [-0.25, -0.2) is 0 Å². The van der Waals surface area contributed by atoms with Gasteiger partial charge in [-0.15, -0.1) is 0 Å². The van der Waals surface area contributed by atoms with E-state index in [0.717, 1.165) is 40.1 Å². The summed E-state index contributed by atoms with van der Waals surface area (Å²) in [6, 6.07) is 11.9. The van der Waals surface area contributed by atoms with Gasteiger partial charge in [0.25, 0.3) is 0 Å². The molecule has 1 N–H and O–H groups in total. The van der Waals surface area contributed by atoms with Crippen LogP contribution in [0.2, 0.25) is 10.0 Å². The molecule has 29 heavy (non-hydrogen) atoms. The topological polar surface area (TPSA) is 21.3 Å². The number of rotatable bonds is 6. The molecule has 4 bridgehead atoms. The lowest BCUT2D eigenvalue weighted by molar-refractivity contribution is -0.0206. The molecule has 2 aromatic rings. The molecule has 0 aliphatic heterocycles. The highest BCUT2D eigenvalue weighted by atomic mass is 79.9. The molecule has 4 saturated carbocycles. The van der Waals surface area contributed by atoms with Crippen LogP contribution in [-0.4, -0.2) is 5.54 Å². The third-order valence-corrected chi connectivity index (χ3v) is 8.33. The van der Waals surface area contributed by atoms with E-state index in [9.17, 15) is 0 Å². The van der Waals surface area contributed by atoms with Crippen molar-refractivity contribution in [1.29, 1.82) is 0 Å². The average Bonchev–Trinajstić information content (AvgIpc) is 2.67. The second-order valence-corrected chi connectivity index (χ2v) is 11.1. The number of ether oxygens (including phenoxy) is 1. The van der Waals surface area contributed by atoms with Gasteiger partial charge in [-0.2, -0.15) is 0 Å². The predicted octanol–water partition coefficient (Wildman–Crippen LogP) is 7.39. The number of halogens is 3. The van der Waals surface area contributed by atoms with E-state index < -0.39 is 0 Å². The summed E-state index contributed by atoms with van der Waals surface area (Å²) in [4.78, 5) is 0. The van der Waals surface area contributed by atoms with Crippen LogP contribution in [0.4, 0.5) is 0 Å². The van der Waals surface area contributed by atoms with Gasteiger partial charge in [0, 0.05) is 22.1 Å². The number of benzene rings is 2. The van der Waals surface area contributed by atoms with Gasteiger partial charge in [0.1, 0.15) is 12.4 Å². The summed E-state index contributed by atoms with van der Waals surface area (Å²) in [6.45, 7) is 1.32. The molecule has 4 aliphatic rings. The largest absolute Gasteiger partial charge is 0.489 e. The van der Waals surface area contributed by atoms with Crippen LogP contribution in [0.25, 0.3) is 0 Å². The molecule has 0 heterocycles. The minimum atomic E-state index is 0.345. The second-order valence-electron chi connectivity index (χ2n) is 9.34. The molecule has 0 aromatic heterocycles. The van der Waals surface area contributed by atoms with E-state index in [1.54, 1.807) is 0 Å². The highest BCUT2D eigenvalue weighted by Gasteiger charge is 2.50. The molecule has 0 saturated heterocycles. The van der Waals surface area contributed by atoms with Crippen LogP contribution in [0, 0.1) is 17.8 Å². The third kappa shape index (κ3) is 4.35. The summed E-state index contributed by atoms with van der Waals surface area (Å²) in [5.41, 5.74) is 2.57. The SMILES string of the molecule is Clc1ccc(COc2ccc(Br)cc2CNC23CC4CC(CC(C4)C2)C3)cc1Cl. The van der Waals surface area contributed by atoms with Crippen molar-refractivity contribution < 1.29 is 4.74 Å². The average molecular weight is 495 g/mol. The monoisotopic (exact) mass is 493 g/mol. The van der Waals surface area contributed by atoms with Gasteiger partial charge < -0.3 is 10.1 Å². The Labute approximate surface area is 191 Å². The minimum Gasteiger partial charge on any atom is -0.489 e. The predicted molar refractivity (Wildman–Crippen MR) is 123 cm³/mol. The van der Waals surface area contributed by atoms with E-state index in [0.29, 0.717) is 22.2 Å². The quantitative estimate of drug-likeness (QED) is 0.451. The first-order valence-corrected chi connectivity index (χ1v) is 12.1. The highest BCUT2D eigenvalue weighted by molar-refractivity contribution is 9.10. The summed E-state index contributed by atoms with van der Waals surface area (Å²) in [6.07, 6.45) is 8.47. The van der Waals surface area contributed by atoms with Gasteiger partial charge in [-0.05, 0) is 92.2 Å². The summed E-state index contributed by atoms with van der Waals surface area (Å²) >= 11 is 15.8. The number of hydrogen-bond acceptors (Lipinski definition) is 2. The lowest BCUT2D eigenvalue weighted by atomic mass is 9.53. The van der Waals surface area contributed by atoms with Crippen LogP contribution in [0.1, 0.15) is 49.7 Å². The van der Waals surface area contributed by atoms with Crippen LogP contribution in [0.15, 0.2) is 40.9 Å². The Kier molecular flexibility index (Phi) is 5.62. The molecule has 4 fully saturated rings. The van der Waals surface area contributed by atoms with Crippen molar-refractivity contribution in [3.8, 4) is 5.75 Å². The Morgan fingerprint density at radius 1 is 0.931 bits per heavy atom. The van der Waals surface area contributed by atoms with Gasteiger partial charge in [0.2, 0.25) is 0 Å². The van der Waals surface area contributed by atoms with Crippen molar-refractivity contribution in [1.82, 2.24) is 5.32 Å². The lowest BCUT2D eigenvalue weighted by Gasteiger charge is -2.57. The Balaban J connectivity index is 1.29. The molecule has 6 rings (SSSR count). The maximum atomic E-state index is 6.18. The number of hydrogen-bond donors (Lipinski definition) is 1. The van der Waals surface area contributed by atoms with Gasteiger partial charge >= 0.3 is 0 Å². The molecule has 2 nitrogen and oxygen atoms in total. The van der Waals surface area contributed by atoms with Gasteiger partial charge in [0.15, 0.2) is 0 Å². The summed E-state index contributed by atoms with van der Waals surface area (Å²) < 4.78 is 7.27. The van der Waals surface area contributed by atoms with Crippen LogP contribution in [-0.2, 0) is 13.2 Å². The second kappa shape index (κ2) is 8.07. The maximum absolute atomic E-state index is 6.18. The van der Waals surface area contributed by atoms with E-state index in [1.165, 1.54) is 44.1 Å². The summed E-state index contributed by atoms with van der Waals surface area (Å²) in [5, 5.41) is 5.12. The smallest absolute Gasteiger partial charge is 0.124 e. The molecule has 154 valence electrons. The molecular formula is C24H26BrCl2NO. The van der Waals surface area contributed by atoms with Crippen molar-refractivity contribution in [2.75, 3.05) is 0 Å². The standard InChI is InChI=1S/C24H26BrCl2NO/c25-20-2-4-23(29-14-15-1-3-21(26)22(27)8-15)19(9-20)13-28-24-10-16-5-17(11-24)7-18(6-16)12-24/h1-4,8-9,16-18,28H,5-7,10-14H2. The molecule has 5 heteroatoms. The third-order valence-electron chi connectivity index (χ3n) is 7.09. The van der Waals surface area contributed by atoms with Gasteiger partial charge in [0.05, 0.1) is 10.0 Å². The molecular weight excluding hydrogens is 469 g/mol. The fourth-order valence-corrected chi connectivity index (χ4v) is 6.96. The van der Waals surface area contributed by atoms with E-state index in [2.05, 4.69) is 33.4 Å². The molecule has 0 unspecified atom stereocenters. The first kappa shape index (κ1) is 20.2. The van der Waals surface area contributed by atoms with Crippen molar-refractivity contribution in [3.05, 3.63) is 62.0 Å². The fourth-order valence-electron chi connectivity index (χ4n) is 6.23. The van der Waals surface area contributed by atoms with Crippen LogP contribution in [0.3, 0.4) is 0 Å². The lowest BCUT2D eigenvalue weighted by Crippen LogP contribution is -2.58. The zero-order valence-corrected chi connectivity index (χ0v) is 19.5. The van der Waals surface area contributed by atoms with E-state index in [1.807, 2.05) is 24.3 Å². The van der Waals surface area contributed by atoms with Gasteiger partial charge in [-0.1, -0.05) is 45.2 Å². The summed E-state index contributed by atoms with van der Waals surface area (Å²) in [7, 11) is 0. The van der Waals surface area contributed by atoms with E-state index >= 15 is 0 Å². The molecule has 2 aromatic carbocycles. The van der Waals surface area contributed by atoms with Crippen molar-refractivity contribution in [2.45, 2.75) is 57.2 Å². The molecule has 4 aliphatic carbocycles. The van der Waals surface area contributed by atoms with Gasteiger partial charge in [-0.3, -0.25) is 0 Å². The van der Waals surface area contributed by atoms with Crippen molar-refractivity contribution in [2.24, 2.45) is 17.8 Å². The maximum Gasteiger partial charge on any atom is 0.124 e. The van der Waals surface area contributed by atoms with Crippen LogP contribution in [0.5, 0.6) is 5.75 Å². The molecule has 0 spiro atoms. The first-order chi connectivity index (χ1) is 14.0. The van der Waals surface area contributed by atoms with Crippen molar-refractivity contribution in [3.63, 3.8) is 0 Å². The Hall–Kier alpha value is -0.740. The fraction of sp³-hybridized carbons (Fsp3) is 0.500. The molecule has 0 amide bonds. The summed E-state index contributed by atoms with van der Waals surface area (Å²) in [5.74, 6) is 3.77. The highest BCUT2D eigenvalue weighted by Crippen LogP contribution is 2.55. The molecule has 0 radical (unpaired) electrons. The first-order valence-electron chi connectivity index (χ1n) is 10.6. The Bertz CT molecular complexity index is 880. The zero-order valence-electron chi connectivity index (χ0n) is 16.4. The Morgan fingerprint density at radius 2 is 1.62 bits per heavy atom. The van der Waals surface area contributed by atoms with E-state index in [-0.39, 0.29) is 0 Å². The number of nitrogens with one attached hydrogen (secondary N) is 1. The zero-order chi connectivity index (χ0) is 20.0. The van der Waals surface area contributed by atoms with Crippen molar-refractivity contribution >= 4 is 39.1 Å². The normalized spacial score (nSPS) is 30.0. The van der Waals surface area contributed by atoms with E-state index in [4.69, 9.17) is 27.9 Å². The minimum absolute atomic E-state index is 0.345. The van der Waals surface area contributed by atoms with Crippen LogP contribution < -0.4 is 10.1 Å². The Morgan fingerprint density at radius 3 is 2.28 bits per heavy atom. The molecule has 0 atom stereocenters.